The largest absolute Gasteiger partial charge is 0.458 e. The van der Waals surface area contributed by atoms with Gasteiger partial charge in [-0.05, 0) is 146 Å². The quantitative estimate of drug-likeness (QED) is 0.123. The molecule has 0 bridgehead atoms. The molecule has 9 aromatic carbocycles. The van der Waals surface area contributed by atoms with Crippen molar-refractivity contribution in [2.75, 3.05) is 0 Å². The number of aromatic nitrogens is 4. The Morgan fingerprint density at radius 2 is 1.23 bits per heavy atom. The molecule has 0 saturated heterocycles. The van der Waals surface area contributed by atoms with Crippen LogP contribution >= 0.6 is 0 Å². The Morgan fingerprint density at radius 1 is 0.549 bits per heavy atom. The summed E-state index contributed by atoms with van der Waals surface area (Å²) in [5, 5.41) is 2.13. The van der Waals surface area contributed by atoms with Gasteiger partial charge in [0.1, 0.15) is 17.3 Å². The van der Waals surface area contributed by atoms with Crippen molar-refractivity contribution in [1.82, 2.24) is 14.1 Å². The Morgan fingerprint density at radius 3 is 2.06 bits per heavy atom. The van der Waals surface area contributed by atoms with Crippen molar-refractivity contribution in [3.8, 4) is 84.3 Å². The summed E-state index contributed by atoms with van der Waals surface area (Å²) in [7, 11) is 0. The number of hydrogen-bond acceptors (Lipinski definition) is 2. The second-order valence-corrected chi connectivity index (χ2v) is 19.0. The van der Waals surface area contributed by atoms with E-state index in [4.69, 9.17) is 24.8 Å². The predicted octanol–water partition coefficient (Wildman–Crippen LogP) is 16.6. The van der Waals surface area contributed by atoms with Crippen LogP contribution in [0.2, 0.25) is 0 Å². The molecule has 5 nitrogen and oxygen atoms in total. The monoisotopic (exact) mass is 925 g/mol. The minimum absolute atomic E-state index is 0.000411. The van der Waals surface area contributed by atoms with Crippen molar-refractivity contribution in [1.29, 1.82) is 0 Å². The Hall–Kier alpha value is -8.80. The van der Waals surface area contributed by atoms with Gasteiger partial charge in [-0.1, -0.05) is 166 Å². The number of fused-ring (bicyclic) bond motifs is 10. The minimum Gasteiger partial charge on any atom is -0.458 e. The van der Waals surface area contributed by atoms with E-state index < -0.39 is 31.8 Å². The van der Waals surface area contributed by atoms with Crippen molar-refractivity contribution < 1.29 is 24.4 Å². The zero-order valence-electron chi connectivity index (χ0n) is 50.0. The highest BCUT2D eigenvalue weighted by molar-refractivity contribution is 6.09. The van der Waals surface area contributed by atoms with Crippen LogP contribution in [-0.4, -0.2) is 14.1 Å². The molecule has 0 aliphatic carbocycles. The van der Waals surface area contributed by atoms with Crippen LogP contribution in [0.5, 0.6) is 11.5 Å². The van der Waals surface area contributed by atoms with E-state index in [9.17, 15) is 0 Å². The molecule has 71 heavy (non-hydrogen) atoms. The van der Waals surface area contributed by atoms with Crippen LogP contribution in [0.3, 0.4) is 0 Å². The molecular weight excluding hydrogens is 865 g/mol. The highest BCUT2D eigenvalue weighted by Gasteiger charge is 2.28. The number of para-hydroxylation sites is 3. The van der Waals surface area contributed by atoms with Gasteiger partial charge in [0, 0.05) is 31.3 Å². The Bertz CT molecular complexity index is 4580. The summed E-state index contributed by atoms with van der Waals surface area (Å²) in [4.78, 5) is 4.87. The molecule has 340 valence electrons. The minimum atomic E-state index is -2.76. The van der Waals surface area contributed by atoms with Gasteiger partial charge in [-0.3, -0.25) is 13.7 Å². The van der Waals surface area contributed by atoms with Crippen LogP contribution in [0.15, 0.2) is 212 Å². The average Bonchev–Trinajstić information content (AvgIpc) is 4.07. The van der Waals surface area contributed by atoms with Gasteiger partial charge in [0.05, 0.1) is 40.3 Å². The highest BCUT2D eigenvalue weighted by Crippen LogP contribution is 2.47. The molecular formula is C66H50N4O. The molecule has 5 heteroatoms. The Labute approximate surface area is 429 Å². The van der Waals surface area contributed by atoms with Crippen LogP contribution < -0.4 is 9.30 Å². The normalized spacial score (nSPS) is 14.6. The average molecular weight is 926 g/mol. The van der Waals surface area contributed by atoms with Crippen molar-refractivity contribution in [3.63, 3.8) is 0 Å². The fourth-order valence-electron chi connectivity index (χ4n) is 10.4. The van der Waals surface area contributed by atoms with E-state index in [2.05, 4.69) is 62.0 Å². The lowest BCUT2D eigenvalue weighted by Crippen LogP contribution is -2.32. The number of ether oxygens (including phenoxy) is 1. The van der Waals surface area contributed by atoms with Gasteiger partial charge in [0.2, 0.25) is 0 Å². The maximum Gasteiger partial charge on any atom is 0.269 e. The molecule has 1 aliphatic heterocycles. The molecule has 0 fully saturated rings. The van der Waals surface area contributed by atoms with Crippen molar-refractivity contribution in [3.05, 3.63) is 235 Å². The standard InChI is InChI=1S/C66H50N4O/c1-42-17-13-18-43(2)63(42)57-28-15-26-56-58-37-45(44-19-7-6-8-20-44)31-33-52(58)50-23-9-10-24-51(50)55-27-16-30-60-65(55)69(64(56)57)41-68(60)47-21-14-22-48(39-47)71-49-32-34-54-53-25-11-12-29-59(53)70(61(54)40-49)62-38-46(35-36-67-62)66(3,4)5/h6-40H,1-5H3/i1D3,2D3,6D,7D,8D,19D,20D. The molecule has 13 rings (SSSR count). The topological polar surface area (TPSA) is 35.9 Å². The third kappa shape index (κ3) is 6.99. The summed E-state index contributed by atoms with van der Waals surface area (Å²) in [6.45, 7) is 1.04. The number of aryl methyl sites for hydroxylation is 2. The van der Waals surface area contributed by atoms with Gasteiger partial charge in [0.25, 0.3) is 6.33 Å². The summed E-state index contributed by atoms with van der Waals surface area (Å²) < 4.78 is 110. The lowest BCUT2D eigenvalue weighted by Gasteiger charge is -2.21. The molecule has 12 aromatic rings. The SMILES string of the molecule is [2H]c1c([2H])c([2H])c(-c2ccc3c(c2)-c2cccc(-c4c(C([2H])([2H])[2H])cccc4C([2H])([2H])[2H])c2-[n+]2[c-]n(-c4cccc(Oc5ccc6c7ccccc7n(-c7cc(C(C)(C)C)ccn7)c6c5)c4)c4cccc(c42)-c2ccccc2-3)c([2H])c1[2H]. The van der Waals surface area contributed by atoms with Crippen LogP contribution in [-0.2, 0) is 5.41 Å². The van der Waals surface area contributed by atoms with Crippen molar-refractivity contribution >= 4 is 32.8 Å². The third-order valence-electron chi connectivity index (χ3n) is 13.7. The number of hydrogen-bond donors (Lipinski definition) is 0. The summed E-state index contributed by atoms with van der Waals surface area (Å²) in [6, 6.07) is 53.0. The second kappa shape index (κ2) is 16.4. The first-order valence-corrected chi connectivity index (χ1v) is 23.5. The van der Waals surface area contributed by atoms with E-state index in [0.717, 1.165) is 55.4 Å². The van der Waals surface area contributed by atoms with Crippen molar-refractivity contribution in [2.45, 2.75) is 39.9 Å². The van der Waals surface area contributed by atoms with E-state index in [-0.39, 0.29) is 39.8 Å². The molecule has 0 radical (unpaired) electrons. The van der Waals surface area contributed by atoms with Crippen LogP contribution in [0.4, 0.5) is 0 Å². The number of nitrogens with zero attached hydrogens (tertiary/aromatic N) is 4. The number of rotatable bonds is 6. The van der Waals surface area contributed by atoms with Gasteiger partial charge in [-0.25, -0.2) is 4.98 Å². The zero-order valence-corrected chi connectivity index (χ0v) is 39.0. The highest BCUT2D eigenvalue weighted by atomic mass is 16.5. The molecule has 4 heterocycles. The lowest BCUT2D eigenvalue weighted by molar-refractivity contribution is -0.570. The molecule has 0 amide bonds. The molecule has 0 spiro atoms. The van der Waals surface area contributed by atoms with Gasteiger partial charge in [-0.2, -0.15) is 0 Å². The molecule has 0 saturated carbocycles. The molecule has 0 N–H and O–H groups in total. The van der Waals surface area contributed by atoms with Gasteiger partial charge >= 0.3 is 0 Å². The summed E-state index contributed by atoms with van der Waals surface area (Å²) in [5.74, 6) is 1.92. The van der Waals surface area contributed by atoms with Gasteiger partial charge in [-0.15, -0.1) is 0 Å². The van der Waals surface area contributed by atoms with Crippen LogP contribution in [0.25, 0.3) is 106 Å². The Balaban J connectivity index is 1.06. The maximum absolute atomic E-state index is 9.04. The second-order valence-electron chi connectivity index (χ2n) is 19.0. The maximum atomic E-state index is 9.04. The van der Waals surface area contributed by atoms with E-state index in [0.29, 0.717) is 56.2 Å². The van der Waals surface area contributed by atoms with E-state index in [1.54, 1.807) is 24.3 Å². The summed E-state index contributed by atoms with van der Waals surface area (Å²) >= 11 is 0. The Kier molecular flexibility index (Phi) is 7.42. The fraction of sp³-hybridized carbons (Fsp3) is 0.0909. The van der Waals surface area contributed by atoms with Crippen LogP contribution in [0.1, 0.15) is 52.5 Å². The molecule has 3 aromatic heterocycles. The molecule has 1 aliphatic rings. The van der Waals surface area contributed by atoms with Crippen LogP contribution in [0, 0.1) is 20.0 Å². The first kappa shape index (κ1) is 32.1. The van der Waals surface area contributed by atoms with E-state index in [1.807, 2.05) is 118 Å². The summed E-state index contributed by atoms with van der Waals surface area (Å²) in [5.41, 5.74) is 9.98. The molecule has 0 atom stereocenters. The lowest BCUT2D eigenvalue weighted by atomic mass is 9.85. The third-order valence-corrected chi connectivity index (χ3v) is 13.7. The first-order chi connectivity index (χ1) is 39.2. The number of imidazole rings is 1. The number of pyridine rings is 1. The van der Waals surface area contributed by atoms with E-state index >= 15 is 0 Å². The zero-order chi connectivity index (χ0) is 57.3. The smallest absolute Gasteiger partial charge is 0.269 e. The van der Waals surface area contributed by atoms with Crippen molar-refractivity contribution in [2.24, 2.45) is 0 Å². The summed E-state index contributed by atoms with van der Waals surface area (Å²) in [6.07, 6.45) is 5.56. The first-order valence-electron chi connectivity index (χ1n) is 29.0. The number of benzene rings is 9. The van der Waals surface area contributed by atoms with Gasteiger partial charge < -0.3 is 4.74 Å². The predicted molar refractivity (Wildman–Crippen MR) is 291 cm³/mol. The molecule has 0 unspecified atom stereocenters. The fourth-order valence-corrected chi connectivity index (χ4v) is 10.4. The van der Waals surface area contributed by atoms with Gasteiger partial charge in [0.15, 0.2) is 0 Å². The van der Waals surface area contributed by atoms with E-state index in [1.165, 1.54) is 18.2 Å².